The third-order valence-electron chi connectivity index (χ3n) is 2.39. The number of benzene rings is 1. The molecule has 0 unspecified atom stereocenters. The number of hydrogen-bond donors (Lipinski definition) is 1. The number of nitrogens with zero attached hydrogens (tertiary/aromatic N) is 3. The Morgan fingerprint density at radius 3 is 2.58 bits per heavy atom. The highest BCUT2D eigenvalue weighted by molar-refractivity contribution is 5.34. The lowest BCUT2D eigenvalue weighted by Gasteiger charge is -2.11. The fourth-order valence-corrected chi connectivity index (χ4v) is 1.35. The van der Waals surface area contributed by atoms with Crippen LogP contribution >= 0.6 is 0 Å². The van der Waals surface area contributed by atoms with E-state index < -0.39 is 5.54 Å². The molecule has 6 nitrogen and oxygen atoms in total. The summed E-state index contributed by atoms with van der Waals surface area (Å²) in [6.45, 7) is 3.75. The summed E-state index contributed by atoms with van der Waals surface area (Å²) in [7, 11) is 0. The van der Waals surface area contributed by atoms with Crippen molar-refractivity contribution in [1.29, 1.82) is 5.26 Å². The Morgan fingerprint density at radius 1 is 1.37 bits per heavy atom. The molecule has 0 bridgehead atoms. The maximum Gasteiger partial charge on any atom is 0.264 e. The monoisotopic (exact) mass is 258 g/mol. The maximum absolute atomic E-state index is 8.68. The van der Waals surface area contributed by atoms with Crippen molar-refractivity contribution in [3.8, 4) is 11.8 Å². The lowest BCUT2D eigenvalue weighted by molar-refractivity contribution is 0.242. The first-order chi connectivity index (χ1) is 8.99. The molecule has 2 aromatic rings. The molecule has 0 saturated heterocycles. The van der Waals surface area contributed by atoms with Crippen molar-refractivity contribution in [3.63, 3.8) is 0 Å². The lowest BCUT2D eigenvalue weighted by atomic mass is 10.1. The van der Waals surface area contributed by atoms with Crippen molar-refractivity contribution in [1.82, 2.24) is 10.1 Å². The summed E-state index contributed by atoms with van der Waals surface area (Å²) in [5.74, 6) is 1.43. The molecule has 0 fully saturated rings. The molecule has 0 spiro atoms. The van der Waals surface area contributed by atoms with Crippen molar-refractivity contribution >= 4 is 0 Å². The van der Waals surface area contributed by atoms with Crippen LogP contribution in [0.25, 0.3) is 0 Å². The summed E-state index contributed by atoms with van der Waals surface area (Å²) in [6.07, 6.45) is 0. The Balaban J connectivity index is 1.99. The van der Waals surface area contributed by atoms with Crippen molar-refractivity contribution in [2.24, 2.45) is 5.73 Å². The minimum atomic E-state index is -0.643. The molecule has 2 rings (SSSR count). The number of nitriles is 1. The van der Waals surface area contributed by atoms with E-state index >= 15 is 0 Å². The quantitative estimate of drug-likeness (QED) is 0.896. The van der Waals surface area contributed by atoms with Crippen molar-refractivity contribution in [2.45, 2.75) is 26.0 Å². The molecule has 98 valence electrons. The van der Waals surface area contributed by atoms with Gasteiger partial charge in [-0.2, -0.15) is 10.2 Å². The molecule has 19 heavy (non-hydrogen) atoms. The minimum absolute atomic E-state index is 0.162. The zero-order valence-corrected chi connectivity index (χ0v) is 10.8. The third-order valence-corrected chi connectivity index (χ3v) is 2.39. The second-order valence-electron chi connectivity index (χ2n) is 4.66. The summed E-state index contributed by atoms with van der Waals surface area (Å²) in [5, 5.41) is 12.5. The van der Waals surface area contributed by atoms with Gasteiger partial charge in [0.05, 0.1) is 17.2 Å². The largest absolute Gasteiger partial charge is 0.484 e. The van der Waals surface area contributed by atoms with Crippen molar-refractivity contribution in [3.05, 3.63) is 41.5 Å². The smallest absolute Gasteiger partial charge is 0.264 e. The normalized spacial score (nSPS) is 11.1. The molecule has 1 aromatic heterocycles. The highest BCUT2D eigenvalue weighted by Gasteiger charge is 2.21. The van der Waals surface area contributed by atoms with Crippen LogP contribution < -0.4 is 10.5 Å². The van der Waals surface area contributed by atoms with Crippen LogP contribution in [0.2, 0.25) is 0 Å². The molecule has 0 atom stereocenters. The van der Waals surface area contributed by atoms with Crippen LogP contribution in [0.15, 0.2) is 28.8 Å². The van der Waals surface area contributed by atoms with E-state index in [4.69, 9.17) is 20.3 Å². The Kier molecular flexibility index (Phi) is 3.49. The van der Waals surface area contributed by atoms with Crippen LogP contribution in [0.5, 0.6) is 5.75 Å². The van der Waals surface area contributed by atoms with Gasteiger partial charge in [-0.15, -0.1) is 0 Å². The first kappa shape index (κ1) is 13.1. The van der Waals surface area contributed by atoms with Crippen LogP contribution in [0.3, 0.4) is 0 Å². The summed E-state index contributed by atoms with van der Waals surface area (Å²) in [4.78, 5) is 4.15. The van der Waals surface area contributed by atoms with Gasteiger partial charge in [-0.25, -0.2) is 0 Å². The first-order valence-corrected chi connectivity index (χ1v) is 5.74. The van der Waals surface area contributed by atoms with E-state index in [0.29, 0.717) is 23.0 Å². The van der Waals surface area contributed by atoms with E-state index in [2.05, 4.69) is 10.1 Å². The number of nitrogens with two attached hydrogens (primary N) is 1. The van der Waals surface area contributed by atoms with Crippen LogP contribution in [0.1, 0.15) is 31.1 Å². The predicted molar refractivity (Wildman–Crippen MR) is 67.0 cm³/mol. The standard InChI is InChI=1S/C13H14N4O2/c1-13(2,15)12-16-11(19-17-12)8-18-10-5-3-9(7-14)4-6-10/h3-6H,8,15H2,1-2H3. The van der Waals surface area contributed by atoms with E-state index in [1.807, 2.05) is 6.07 Å². The van der Waals surface area contributed by atoms with Gasteiger partial charge in [0.2, 0.25) is 0 Å². The number of aromatic nitrogens is 2. The van der Waals surface area contributed by atoms with E-state index in [9.17, 15) is 0 Å². The van der Waals surface area contributed by atoms with Gasteiger partial charge in [0.25, 0.3) is 5.89 Å². The summed E-state index contributed by atoms with van der Waals surface area (Å²) in [6, 6.07) is 8.82. The second kappa shape index (κ2) is 5.08. The average molecular weight is 258 g/mol. The van der Waals surface area contributed by atoms with Crippen molar-refractivity contribution < 1.29 is 9.26 Å². The van der Waals surface area contributed by atoms with Gasteiger partial charge >= 0.3 is 0 Å². The Hall–Kier alpha value is -2.39. The molecule has 1 aromatic carbocycles. The Morgan fingerprint density at radius 2 is 2.05 bits per heavy atom. The highest BCUT2D eigenvalue weighted by atomic mass is 16.5. The molecule has 0 amide bonds. The first-order valence-electron chi connectivity index (χ1n) is 5.74. The van der Waals surface area contributed by atoms with Crippen LogP contribution in [-0.4, -0.2) is 10.1 Å². The molecule has 0 aliphatic rings. The van der Waals surface area contributed by atoms with E-state index in [1.54, 1.807) is 38.1 Å². The summed E-state index contributed by atoms with van der Waals surface area (Å²) < 4.78 is 10.5. The molecule has 1 heterocycles. The second-order valence-corrected chi connectivity index (χ2v) is 4.66. The average Bonchev–Trinajstić information content (AvgIpc) is 2.86. The van der Waals surface area contributed by atoms with Gasteiger partial charge < -0.3 is 15.0 Å². The minimum Gasteiger partial charge on any atom is -0.484 e. The van der Waals surface area contributed by atoms with E-state index in [-0.39, 0.29) is 6.61 Å². The number of ether oxygens (including phenoxy) is 1. The van der Waals surface area contributed by atoms with Crippen LogP contribution in [-0.2, 0) is 12.1 Å². The topological polar surface area (TPSA) is 98.0 Å². The molecule has 6 heteroatoms. The molecular weight excluding hydrogens is 244 g/mol. The molecule has 0 radical (unpaired) electrons. The van der Waals surface area contributed by atoms with Crippen LogP contribution in [0, 0.1) is 11.3 Å². The zero-order valence-electron chi connectivity index (χ0n) is 10.8. The summed E-state index contributed by atoms with van der Waals surface area (Å²) in [5.41, 5.74) is 5.79. The predicted octanol–water partition coefficient (Wildman–Crippen LogP) is 1.71. The zero-order chi connectivity index (χ0) is 13.9. The van der Waals surface area contributed by atoms with E-state index in [1.165, 1.54) is 0 Å². The molecule has 2 N–H and O–H groups in total. The van der Waals surface area contributed by atoms with Crippen LogP contribution in [0.4, 0.5) is 0 Å². The molecule has 0 aliphatic heterocycles. The molecule has 0 saturated carbocycles. The fraction of sp³-hybridized carbons (Fsp3) is 0.308. The molecule has 0 aliphatic carbocycles. The number of rotatable bonds is 4. The Bertz CT molecular complexity index is 590. The SMILES string of the molecule is CC(C)(N)c1noc(COc2ccc(C#N)cc2)n1. The summed E-state index contributed by atoms with van der Waals surface area (Å²) >= 11 is 0. The third kappa shape index (κ3) is 3.30. The highest BCUT2D eigenvalue weighted by Crippen LogP contribution is 2.15. The van der Waals surface area contributed by atoms with Gasteiger partial charge in [0, 0.05) is 0 Å². The number of hydrogen-bond acceptors (Lipinski definition) is 6. The lowest BCUT2D eigenvalue weighted by Crippen LogP contribution is -2.30. The fourth-order valence-electron chi connectivity index (χ4n) is 1.35. The van der Waals surface area contributed by atoms with Crippen molar-refractivity contribution in [2.75, 3.05) is 0 Å². The van der Waals surface area contributed by atoms with Gasteiger partial charge in [-0.05, 0) is 38.1 Å². The molecular formula is C13H14N4O2. The van der Waals surface area contributed by atoms with Gasteiger partial charge in [0.15, 0.2) is 12.4 Å². The maximum atomic E-state index is 8.68. The van der Waals surface area contributed by atoms with Gasteiger partial charge in [0.1, 0.15) is 5.75 Å². The van der Waals surface area contributed by atoms with E-state index in [0.717, 1.165) is 0 Å². The van der Waals surface area contributed by atoms with Gasteiger partial charge in [-0.3, -0.25) is 0 Å². The van der Waals surface area contributed by atoms with Gasteiger partial charge in [-0.1, -0.05) is 5.16 Å². The Labute approximate surface area is 110 Å².